The van der Waals surface area contributed by atoms with E-state index in [0.717, 1.165) is 38.9 Å². The smallest absolute Gasteiger partial charge is 0.255 e. The predicted octanol–water partition coefficient (Wildman–Crippen LogP) is 4.07. The fraction of sp³-hybridized carbons (Fsp3) is 0.455. The van der Waals surface area contributed by atoms with E-state index >= 15 is 0 Å². The highest BCUT2D eigenvalue weighted by Crippen LogP contribution is 2.34. The molecular weight excluding hydrogens is 422 g/mol. The van der Waals surface area contributed by atoms with Gasteiger partial charge in [0.1, 0.15) is 5.75 Å². The second kappa shape index (κ2) is 8.96. The molecule has 2 amide bonds. The molecular formula is C22H26ClN3O3S. The van der Waals surface area contributed by atoms with Gasteiger partial charge in [0.25, 0.3) is 5.91 Å². The molecule has 1 aromatic carbocycles. The number of amides is 2. The lowest BCUT2D eigenvalue weighted by atomic mass is 10.1. The van der Waals surface area contributed by atoms with Gasteiger partial charge in [0.15, 0.2) is 0 Å². The Labute approximate surface area is 185 Å². The molecule has 1 saturated heterocycles. The van der Waals surface area contributed by atoms with E-state index in [1.165, 1.54) is 16.9 Å². The molecule has 0 radical (unpaired) electrons. The van der Waals surface area contributed by atoms with Crippen LogP contribution < -0.4 is 15.4 Å². The Kier molecular flexibility index (Phi) is 6.32. The Bertz CT molecular complexity index is 957. The second-order valence-electron chi connectivity index (χ2n) is 8.00. The SMILES string of the molecule is COc1cc(NC(=O)C2CC2)c(Cl)cc1C(=O)NC1CCN(Cc2ccc(C)s2)C1. The number of aryl methyl sites for hydroxylation is 1. The number of carbonyl (C=O) groups is 2. The Morgan fingerprint density at radius 3 is 2.73 bits per heavy atom. The summed E-state index contributed by atoms with van der Waals surface area (Å²) in [5.41, 5.74) is 0.847. The molecule has 2 heterocycles. The predicted molar refractivity (Wildman–Crippen MR) is 120 cm³/mol. The van der Waals surface area contributed by atoms with Crippen LogP contribution in [0.4, 0.5) is 5.69 Å². The number of thiophene rings is 1. The van der Waals surface area contributed by atoms with Crippen LogP contribution in [-0.2, 0) is 11.3 Å². The molecule has 2 fully saturated rings. The van der Waals surface area contributed by atoms with E-state index in [2.05, 4.69) is 34.6 Å². The van der Waals surface area contributed by atoms with Crippen molar-refractivity contribution >= 4 is 40.4 Å². The number of nitrogens with zero attached hydrogens (tertiary/aromatic N) is 1. The number of carbonyl (C=O) groups excluding carboxylic acids is 2. The Morgan fingerprint density at radius 1 is 1.27 bits per heavy atom. The van der Waals surface area contributed by atoms with Crippen molar-refractivity contribution < 1.29 is 14.3 Å². The highest BCUT2D eigenvalue weighted by Gasteiger charge is 2.30. The number of hydrogen-bond donors (Lipinski definition) is 2. The zero-order chi connectivity index (χ0) is 21.3. The minimum atomic E-state index is -0.215. The third-order valence-electron chi connectivity index (χ3n) is 5.52. The fourth-order valence-electron chi connectivity index (χ4n) is 3.72. The van der Waals surface area contributed by atoms with Gasteiger partial charge >= 0.3 is 0 Å². The normalized spacial score (nSPS) is 19.0. The van der Waals surface area contributed by atoms with Crippen LogP contribution >= 0.6 is 22.9 Å². The standard InChI is InChI=1S/C22H26ClN3O3S/c1-13-3-6-16(30-13)12-26-8-7-15(11-26)24-22(28)17-9-18(23)19(10-20(17)29-2)25-21(27)14-4-5-14/h3,6,9-10,14-15H,4-5,7-8,11-12H2,1-2H3,(H,24,28)(H,25,27). The van der Waals surface area contributed by atoms with Gasteiger partial charge in [0, 0.05) is 47.4 Å². The van der Waals surface area contributed by atoms with E-state index in [1.54, 1.807) is 12.1 Å². The number of halogens is 1. The molecule has 2 aromatic rings. The number of methoxy groups -OCH3 is 1. The van der Waals surface area contributed by atoms with Crippen molar-refractivity contribution in [3.63, 3.8) is 0 Å². The maximum atomic E-state index is 12.9. The molecule has 30 heavy (non-hydrogen) atoms. The van der Waals surface area contributed by atoms with Crippen LogP contribution in [0, 0.1) is 12.8 Å². The summed E-state index contributed by atoms with van der Waals surface area (Å²) >= 11 is 8.16. The first-order chi connectivity index (χ1) is 14.4. The average Bonchev–Trinajstić information content (AvgIpc) is 3.37. The van der Waals surface area contributed by atoms with Crippen LogP contribution in [0.1, 0.15) is 39.4 Å². The molecule has 1 unspecified atom stereocenters. The molecule has 1 saturated carbocycles. The summed E-state index contributed by atoms with van der Waals surface area (Å²) in [6, 6.07) is 7.58. The van der Waals surface area contributed by atoms with Gasteiger partial charge in [-0.25, -0.2) is 0 Å². The van der Waals surface area contributed by atoms with Crippen LogP contribution in [0.3, 0.4) is 0 Å². The van der Waals surface area contributed by atoms with Crippen molar-refractivity contribution in [3.05, 3.63) is 44.6 Å². The maximum Gasteiger partial charge on any atom is 0.255 e. The van der Waals surface area contributed by atoms with Crippen LogP contribution in [-0.4, -0.2) is 43.0 Å². The molecule has 2 aliphatic rings. The minimum absolute atomic E-state index is 0.0388. The molecule has 4 rings (SSSR count). The van der Waals surface area contributed by atoms with Crippen LogP contribution in [0.5, 0.6) is 5.75 Å². The maximum absolute atomic E-state index is 12.9. The van der Waals surface area contributed by atoms with E-state index in [-0.39, 0.29) is 23.8 Å². The molecule has 1 atom stereocenters. The zero-order valence-corrected chi connectivity index (χ0v) is 18.7. The summed E-state index contributed by atoms with van der Waals surface area (Å²) in [4.78, 5) is 30.0. The Balaban J connectivity index is 1.39. The molecule has 6 nitrogen and oxygen atoms in total. The fourth-order valence-corrected chi connectivity index (χ4v) is 4.87. The van der Waals surface area contributed by atoms with Crippen molar-refractivity contribution in [2.45, 2.75) is 38.8 Å². The van der Waals surface area contributed by atoms with Gasteiger partial charge in [-0.15, -0.1) is 11.3 Å². The topological polar surface area (TPSA) is 70.7 Å². The summed E-state index contributed by atoms with van der Waals surface area (Å²) < 4.78 is 5.41. The first-order valence-electron chi connectivity index (χ1n) is 10.2. The zero-order valence-electron chi connectivity index (χ0n) is 17.2. The highest BCUT2D eigenvalue weighted by molar-refractivity contribution is 7.11. The molecule has 1 aliphatic heterocycles. The van der Waals surface area contributed by atoms with Crippen LogP contribution in [0.15, 0.2) is 24.3 Å². The summed E-state index contributed by atoms with van der Waals surface area (Å²) in [5.74, 6) is 0.209. The van der Waals surface area contributed by atoms with Crippen LogP contribution in [0.25, 0.3) is 0 Å². The lowest BCUT2D eigenvalue weighted by Gasteiger charge is -2.17. The first-order valence-corrected chi connectivity index (χ1v) is 11.4. The van der Waals surface area contributed by atoms with Crippen molar-refractivity contribution in [3.8, 4) is 5.75 Å². The molecule has 8 heteroatoms. The minimum Gasteiger partial charge on any atom is -0.496 e. The van der Waals surface area contributed by atoms with Gasteiger partial charge < -0.3 is 15.4 Å². The number of anilines is 1. The highest BCUT2D eigenvalue weighted by atomic mass is 35.5. The van der Waals surface area contributed by atoms with Crippen molar-refractivity contribution in [2.75, 3.05) is 25.5 Å². The third-order valence-corrected chi connectivity index (χ3v) is 6.82. The monoisotopic (exact) mass is 447 g/mol. The van der Waals surface area contributed by atoms with E-state index < -0.39 is 0 Å². The van der Waals surface area contributed by atoms with Gasteiger partial charge in [-0.05, 0) is 44.4 Å². The van der Waals surface area contributed by atoms with E-state index in [0.29, 0.717) is 22.0 Å². The molecule has 0 spiro atoms. The number of benzene rings is 1. The van der Waals surface area contributed by atoms with E-state index in [1.807, 2.05) is 11.3 Å². The molecule has 160 valence electrons. The lowest BCUT2D eigenvalue weighted by molar-refractivity contribution is -0.117. The summed E-state index contributed by atoms with van der Waals surface area (Å²) in [6.45, 7) is 4.79. The first kappa shape index (κ1) is 21.2. The van der Waals surface area contributed by atoms with Gasteiger partial charge in [-0.2, -0.15) is 0 Å². The largest absolute Gasteiger partial charge is 0.496 e. The molecule has 0 bridgehead atoms. The summed E-state index contributed by atoms with van der Waals surface area (Å²) in [6.07, 6.45) is 2.72. The molecule has 1 aliphatic carbocycles. The number of nitrogens with one attached hydrogen (secondary N) is 2. The molecule has 2 N–H and O–H groups in total. The van der Waals surface area contributed by atoms with E-state index in [9.17, 15) is 9.59 Å². The quantitative estimate of drug-likeness (QED) is 0.671. The van der Waals surface area contributed by atoms with Gasteiger partial charge in [-0.3, -0.25) is 14.5 Å². The van der Waals surface area contributed by atoms with Gasteiger partial charge in [0.2, 0.25) is 5.91 Å². The van der Waals surface area contributed by atoms with Crippen molar-refractivity contribution in [2.24, 2.45) is 5.92 Å². The third kappa shape index (κ3) is 4.96. The number of rotatable bonds is 7. The second-order valence-corrected chi connectivity index (χ2v) is 9.78. The van der Waals surface area contributed by atoms with Gasteiger partial charge in [-0.1, -0.05) is 11.6 Å². The van der Waals surface area contributed by atoms with Gasteiger partial charge in [0.05, 0.1) is 23.4 Å². The summed E-state index contributed by atoms with van der Waals surface area (Å²) in [7, 11) is 1.51. The summed E-state index contributed by atoms with van der Waals surface area (Å²) in [5, 5.41) is 6.26. The van der Waals surface area contributed by atoms with E-state index in [4.69, 9.17) is 16.3 Å². The molecule has 1 aromatic heterocycles. The average molecular weight is 448 g/mol. The van der Waals surface area contributed by atoms with Crippen molar-refractivity contribution in [1.82, 2.24) is 10.2 Å². The van der Waals surface area contributed by atoms with Crippen molar-refractivity contribution in [1.29, 1.82) is 0 Å². The number of likely N-dealkylation sites (tertiary alicyclic amines) is 1. The number of ether oxygens (including phenoxy) is 1. The van der Waals surface area contributed by atoms with Crippen LogP contribution in [0.2, 0.25) is 5.02 Å². The Morgan fingerprint density at radius 2 is 2.07 bits per heavy atom. The number of hydrogen-bond acceptors (Lipinski definition) is 5. The lowest BCUT2D eigenvalue weighted by Crippen LogP contribution is -2.37. The Hall–Kier alpha value is -2.09.